The lowest BCUT2D eigenvalue weighted by Crippen LogP contribution is -2.39. The zero-order chi connectivity index (χ0) is 24.1. The molecule has 3 N–H and O–H groups in total. The average molecular weight is 492 g/mol. The number of nitrogens with two attached hydrogens (primary N) is 1. The molecule has 1 fully saturated rings. The lowest BCUT2D eigenvalue weighted by atomic mass is 9.92. The van der Waals surface area contributed by atoms with Gasteiger partial charge in [-0.15, -0.1) is 5.10 Å². The van der Waals surface area contributed by atoms with Crippen LogP contribution in [-0.2, 0) is 4.79 Å². The second kappa shape index (κ2) is 8.27. The highest BCUT2D eigenvalue weighted by atomic mass is 35.5. The number of aromatic nitrogens is 7. The molecule has 4 aromatic rings. The van der Waals surface area contributed by atoms with E-state index in [-0.39, 0.29) is 29.4 Å². The Morgan fingerprint density at radius 3 is 2.89 bits per heavy atom. The first-order valence-corrected chi connectivity index (χ1v) is 11.4. The molecule has 2 aliphatic heterocycles. The van der Waals surface area contributed by atoms with Gasteiger partial charge in [0.15, 0.2) is 11.6 Å². The number of rotatable bonds is 4. The molecule has 10 nitrogen and oxygen atoms in total. The van der Waals surface area contributed by atoms with Crippen LogP contribution in [0.5, 0.6) is 0 Å². The standard InChI is InChI=1S/C23H19ClFN9O/c24-13-1-3-18(33-11-29-31-32-33)16(9-13)12-7-14-2-4-19(34(14)20(35)8-12)23-28-10-17(30-23)15-5-6-27-22(26)21(15)25/h1,3,5-6,8-11,14,19H,2,4,7H2,(H2,26,27)(H,28,30)/t14-,19+/m1/s1. The molecule has 0 unspecified atom stereocenters. The number of fused-ring (bicyclic) bond motifs is 1. The van der Waals surface area contributed by atoms with Crippen molar-refractivity contribution >= 4 is 28.9 Å². The maximum absolute atomic E-state index is 14.4. The molecule has 0 aliphatic carbocycles. The largest absolute Gasteiger partial charge is 0.381 e. The van der Waals surface area contributed by atoms with Crippen LogP contribution in [-0.4, -0.2) is 52.0 Å². The van der Waals surface area contributed by atoms with E-state index in [1.807, 2.05) is 17.0 Å². The van der Waals surface area contributed by atoms with Crippen molar-refractivity contribution in [3.8, 4) is 16.9 Å². The summed E-state index contributed by atoms with van der Waals surface area (Å²) < 4.78 is 16.0. The minimum atomic E-state index is -0.603. The van der Waals surface area contributed by atoms with Gasteiger partial charge in [0.25, 0.3) is 0 Å². The molecule has 2 aliphatic rings. The summed E-state index contributed by atoms with van der Waals surface area (Å²) in [5, 5.41) is 12.0. The Labute approximate surface area is 203 Å². The predicted octanol–water partition coefficient (Wildman–Crippen LogP) is 3.34. The van der Waals surface area contributed by atoms with Crippen molar-refractivity contribution in [2.75, 3.05) is 5.73 Å². The predicted molar refractivity (Wildman–Crippen MR) is 126 cm³/mol. The molecule has 0 saturated carbocycles. The number of nitrogens with zero attached hydrogens (tertiary/aromatic N) is 7. The minimum Gasteiger partial charge on any atom is -0.381 e. The molecule has 5 heterocycles. The summed E-state index contributed by atoms with van der Waals surface area (Å²) in [5.74, 6) is -0.280. The molecule has 2 atom stereocenters. The molecule has 1 aromatic carbocycles. The number of hydrogen-bond donors (Lipinski definition) is 2. The van der Waals surface area contributed by atoms with Gasteiger partial charge in [0.1, 0.15) is 12.2 Å². The number of nitrogen functional groups attached to an aromatic ring is 1. The normalized spacial score (nSPS) is 19.7. The number of pyridine rings is 1. The van der Waals surface area contributed by atoms with E-state index in [1.54, 1.807) is 23.0 Å². The van der Waals surface area contributed by atoms with Crippen LogP contribution in [0.15, 0.2) is 49.1 Å². The molecule has 176 valence electrons. The van der Waals surface area contributed by atoms with Gasteiger partial charge in [-0.25, -0.2) is 14.4 Å². The Morgan fingerprint density at radius 1 is 1.17 bits per heavy atom. The van der Waals surface area contributed by atoms with Crippen LogP contribution in [0.3, 0.4) is 0 Å². The van der Waals surface area contributed by atoms with E-state index in [0.29, 0.717) is 23.0 Å². The number of tetrazole rings is 1. The van der Waals surface area contributed by atoms with Crippen LogP contribution in [0.1, 0.15) is 36.7 Å². The van der Waals surface area contributed by atoms with Gasteiger partial charge in [0.2, 0.25) is 5.91 Å². The maximum atomic E-state index is 14.4. The van der Waals surface area contributed by atoms with Crippen LogP contribution < -0.4 is 5.73 Å². The molecule has 12 heteroatoms. The Bertz CT molecular complexity index is 1470. The Balaban J connectivity index is 1.31. The van der Waals surface area contributed by atoms with Gasteiger partial charge in [-0.3, -0.25) is 4.79 Å². The van der Waals surface area contributed by atoms with Crippen LogP contribution in [0, 0.1) is 5.82 Å². The zero-order valence-electron chi connectivity index (χ0n) is 18.3. The Morgan fingerprint density at radius 2 is 2.06 bits per heavy atom. The quantitative estimate of drug-likeness (QED) is 0.447. The third-order valence-electron chi connectivity index (χ3n) is 6.53. The van der Waals surface area contributed by atoms with Gasteiger partial charge in [-0.1, -0.05) is 11.6 Å². The lowest BCUT2D eigenvalue weighted by Gasteiger charge is -2.33. The number of halogens is 2. The smallest absolute Gasteiger partial charge is 0.247 e. The molecular weight excluding hydrogens is 473 g/mol. The molecule has 35 heavy (non-hydrogen) atoms. The van der Waals surface area contributed by atoms with E-state index in [1.165, 1.54) is 18.6 Å². The van der Waals surface area contributed by atoms with Gasteiger partial charge < -0.3 is 15.6 Å². The van der Waals surface area contributed by atoms with Gasteiger partial charge in [0.05, 0.1) is 23.6 Å². The fourth-order valence-corrected chi connectivity index (χ4v) is 5.13. The molecule has 0 spiro atoms. The number of H-pyrrole nitrogens is 1. The lowest BCUT2D eigenvalue weighted by molar-refractivity contribution is -0.129. The van der Waals surface area contributed by atoms with Crippen LogP contribution >= 0.6 is 11.6 Å². The number of imidazole rings is 1. The topological polar surface area (TPSA) is 132 Å². The SMILES string of the molecule is Nc1nccc(-c2cnc([C@@H]3CC[C@@H]4CC(c5cc(Cl)ccc5-n5cnnn5)=CC(=O)N43)[nH]2)c1F. The Hall–Kier alpha value is -4.12. The first-order valence-electron chi connectivity index (χ1n) is 11.0. The number of carbonyl (C=O) groups is 1. The van der Waals surface area contributed by atoms with Gasteiger partial charge >= 0.3 is 0 Å². The van der Waals surface area contributed by atoms with E-state index < -0.39 is 5.82 Å². The van der Waals surface area contributed by atoms with E-state index in [9.17, 15) is 9.18 Å². The monoisotopic (exact) mass is 491 g/mol. The van der Waals surface area contributed by atoms with Crippen LogP contribution in [0.25, 0.3) is 22.5 Å². The van der Waals surface area contributed by atoms with Crippen LogP contribution in [0.2, 0.25) is 5.02 Å². The van der Waals surface area contributed by atoms with Crippen molar-refractivity contribution in [1.29, 1.82) is 0 Å². The minimum absolute atomic E-state index is 0.00458. The third-order valence-corrected chi connectivity index (χ3v) is 6.76. The summed E-state index contributed by atoms with van der Waals surface area (Å²) in [4.78, 5) is 26.6. The highest BCUT2D eigenvalue weighted by Crippen LogP contribution is 2.43. The fourth-order valence-electron chi connectivity index (χ4n) is 4.96. The number of amides is 1. The van der Waals surface area contributed by atoms with Gasteiger partial charge in [-0.2, -0.15) is 4.68 Å². The number of benzene rings is 1. The molecule has 0 bridgehead atoms. The van der Waals surface area contributed by atoms with Crippen LogP contribution in [0.4, 0.5) is 10.2 Å². The molecular formula is C23H19ClFN9O. The molecule has 1 amide bonds. The summed E-state index contributed by atoms with van der Waals surface area (Å²) in [7, 11) is 0. The summed E-state index contributed by atoms with van der Waals surface area (Å²) in [6.07, 6.45) is 8.34. The number of hydrogen-bond acceptors (Lipinski definition) is 7. The molecule has 1 saturated heterocycles. The van der Waals surface area contributed by atoms with Crippen molar-refractivity contribution in [2.45, 2.75) is 31.3 Å². The number of carbonyl (C=O) groups excluding carboxylic acids is 1. The molecule has 0 radical (unpaired) electrons. The second-order valence-electron chi connectivity index (χ2n) is 8.52. The number of nitrogens with one attached hydrogen (secondary N) is 1. The first kappa shape index (κ1) is 21.4. The van der Waals surface area contributed by atoms with Crippen molar-refractivity contribution in [3.05, 3.63) is 71.3 Å². The fraction of sp³-hybridized carbons (Fsp3) is 0.217. The summed E-state index contributed by atoms with van der Waals surface area (Å²) in [6.45, 7) is 0. The van der Waals surface area contributed by atoms with Crippen molar-refractivity contribution < 1.29 is 9.18 Å². The Kier molecular flexibility index (Phi) is 5.06. The summed E-state index contributed by atoms with van der Waals surface area (Å²) in [6, 6.07) is 6.72. The highest BCUT2D eigenvalue weighted by molar-refractivity contribution is 6.30. The second-order valence-corrected chi connectivity index (χ2v) is 8.96. The van der Waals surface area contributed by atoms with Crippen molar-refractivity contribution in [1.82, 2.24) is 40.1 Å². The number of anilines is 1. The third kappa shape index (κ3) is 3.64. The zero-order valence-corrected chi connectivity index (χ0v) is 19.0. The van der Waals surface area contributed by atoms with E-state index >= 15 is 0 Å². The summed E-state index contributed by atoms with van der Waals surface area (Å²) >= 11 is 6.29. The number of aromatic amines is 1. The highest BCUT2D eigenvalue weighted by Gasteiger charge is 2.41. The first-order chi connectivity index (χ1) is 17.0. The summed E-state index contributed by atoms with van der Waals surface area (Å²) in [5.41, 5.74) is 8.81. The van der Waals surface area contributed by atoms with Crippen molar-refractivity contribution in [2.24, 2.45) is 0 Å². The molecule has 6 rings (SSSR count). The van der Waals surface area contributed by atoms with Gasteiger partial charge in [0, 0.05) is 34.5 Å². The van der Waals surface area contributed by atoms with E-state index in [2.05, 4.69) is 30.5 Å². The molecule has 3 aromatic heterocycles. The maximum Gasteiger partial charge on any atom is 0.247 e. The van der Waals surface area contributed by atoms with E-state index in [0.717, 1.165) is 29.7 Å². The van der Waals surface area contributed by atoms with Crippen molar-refractivity contribution in [3.63, 3.8) is 0 Å². The van der Waals surface area contributed by atoms with Gasteiger partial charge in [-0.05, 0) is 59.5 Å². The van der Waals surface area contributed by atoms with E-state index in [4.69, 9.17) is 17.3 Å². The average Bonchev–Trinajstić information content (AvgIpc) is 3.61.